The largest absolute Gasteiger partial charge is 0.367 e. The Morgan fingerprint density at radius 2 is 1.70 bits per heavy atom. The van der Waals surface area contributed by atoms with Gasteiger partial charge < -0.3 is 14.8 Å². The highest BCUT2D eigenvalue weighted by Crippen LogP contribution is 2.31. The van der Waals surface area contributed by atoms with Gasteiger partial charge in [-0.1, -0.05) is 18.2 Å². The number of aromatic nitrogens is 3. The number of benzene rings is 2. The van der Waals surface area contributed by atoms with E-state index in [1.165, 1.54) is 18.2 Å². The second kappa shape index (κ2) is 7.84. The number of hydrogen-bond acceptors (Lipinski definition) is 4. The minimum atomic E-state index is -0.310. The summed E-state index contributed by atoms with van der Waals surface area (Å²) in [4.78, 5) is 11.8. The summed E-state index contributed by atoms with van der Waals surface area (Å²) in [6.45, 7) is 3.86. The van der Waals surface area contributed by atoms with Crippen LogP contribution in [0.1, 0.15) is 5.56 Å². The van der Waals surface area contributed by atoms with Gasteiger partial charge in [-0.25, -0.2) is 18.7 Å². The second-order valence-corrected chi connectivity index (χ2v) is 7.36. The lowest BCUT2D eigenvalue weighted by Crippen LogP contribution is -2.43. The number of pyridine rings is 1. The average molecular weight is 405 g/mol. The van der Waals surface area contributed by atoms with Gasteiger partial charge in [0.25, 0.3) is 0 Å². The van der Waals surface area contributed by atoms with Crippen LogP contribution in [-0.4, -0.2) is 40.7 Å². The summed E-state index contributed by atoms with van der Waals surface area (Å²) in [7, 11) is 0. The van der Waals surface area contributed by atoms with Gasteiger partial charge in [-0.2, -0.15) is 0 Å². The molecule has 1 fully saturated rings. The van der Waals surface area contributed by atoms with Gasteiger partial charge in [-0.15, -0.1) is 0 Å². The first-order valence-corrected chi connectivity index (χ1v) is 10.0. The number of fused-ring (bicyclic) bond motifs is 1. The van der Waals surface area contributed by atoms with Gasteiger partial charge in [0.1, 0.15) is 23.0 Å². The molecule has 2 aromatic carbocycles. The van der Waals surface area contributed by atoms with E-state index in [9.17, 15) is 8.78 Å². The molecule has 0 saturated carbocycles. The number of hydrogen-bond donors (Lipinski definition) is 1. The molecular weight excluding hydrogens is 384 g/mol. The van der Waals surface area contributed by atoms with E-state index >= 15 is 0 Å². The third-order valence-electron chi connectivity index (χ3n) is 5.46. The molecule has 152 valence electrons. The lowest BCUT2D eigenvalue weighted by Gasteiger charge is -2.29. The van der Waals surface area contributed by atoms with E-state index in [-0.39, 0.29) is 18.2 Å². The van der Waals surface area contributed by atoms with E-state index in [4.69, 9.17) is 4.98 Å². The zero-order valence-electron chi connectivity index (χ0n) is 16.4. The first kappa shape index (κ1) is 18.7. The number of nitrogens with one attached hydrogen (secondary N) is 1. The summed E-state index contributed by atoms with van der Waals surface area (Å²) in [5, 5.41) is 3.36. The molecule has 1 N–H and O–H groups in total. The zero-order chi connectivity index (χ0) is 20.5. The molecule has 0 bridgehead atoms. The molecule has 0 spiro atoms. The maximum absolute atomic E-state index is 14.4. The predicted molar refractivity (Wildman–Crippen MR) is 114 cm³/mol. The zero-order valence-corrected chi connectivity index (χ0v) is 16.4. The van der Waals surface area contributed by atoms with Crippen molar-refractivity contribution in [2.24, 2.45) is 0 Å². The third-order valence-corrected chi connectivity index (χ3v) is 5.46. The Bertz CT molecular complexity index is 1180. The van der Waals surface area contributed by atoms with Crippen LogP contribution in [0.15, 0.2) is 60.8 Å². The third kappa shape index (κ3) is 3.41. The van der Waals surface area contributed by atoms with Crippen molar-refractivity contribution in [3.63, 3.8) is 0 Å². The molecule has 5 nitrogen and oxygen atoms in total. The number of imidazole rings is 1. The molecule has 0 radical (unpaired) electrons. The number of piperazine rings is 1. The molecule has 0 aliphatic carbocycles. The molecule has 30 heavy (non-hydrogen) atoms. The Hall–Kier alpha value is -3.32. The summed E-state index contributed by atoms with van der Waals surface area (Å²) in [6, 6.07) is 14.9. The van der Waals surface area contributed by atoms with Crippen molar-refractivity contribution in [2.75, 3.05) is 31.1 Å². The van der Waals surface area contributed by atoms with Crippen molar-refractivity contribution < 1.29 is 8.78 Å². The minimum absolute atomic E-state index is 0.275. The summed E-state index contributed by atoms with van der Waals surface area (Å²) in [5.74, 6) is 0.0566. The van der Waals surface area contributed by atoms with Crippen LogP contribution in [0.2, 0.25) is 0 Å². The van der Waals surface area contributed by atoms with E-state index in [1.54, 1.807) is 30.5 Å². The molecule has 7 heteroatoms. The smallest absolute Gasteiger partial charge is 0.162 e. The van der Waals surface area contributed by atoms with E-state index in [0.717, 1.165) is 42.9 Å². The fourth-order valence-corrected chi connectivity index (χ4v) is 3.93. The van der Waals surface area contributed by atoms with Gasteiger partial charge in [-0.05, 0) is 36.4 Å². The Morgan fingerprint density at radius 1 is 0.933 bits per heavy atom. The van der Waals surface area contributed by atoms with Crippen molar-refractivity contribution in [3.05, 3.63) is 78.0 Å². The van der Waals surface area contributed by atoms with E-state index in [1.807, 2.05) is 16.7 Å². The van der Waals surface area contributed by atoms with Crippen LogP contribution in [0.25, 0.3) is 22.6 Å². The van der Waals surface area contributed by atoms with Crippen LogP contribution < -0.4 is 10.2 Å². The Balaban J connectivity index is 1.69. The standard InChI is InChI=1S/C23H21F2N5/c24-18-7-5-16(6-8-18)22-28-21-20(29-13-11-26-12-14-29)9-10-27-23(21)30(22)15-17-3-1-2-4-19(17)25/h1-10,26H,11-15H2. The van der Waals surface area contributed by atoms with Crippen molar-refractivity contribution in [3.8, 4) is 11.4 Å². The fourth-order valence-electron chi connectivity index (χ4n) is 3.93. The molecule has 0 amide bonds. The Morgan fingerprint density at radius 3 is 2.47 bits per heavy atom. The number of halogens is 2. The van der Waals surface area contributed by atoms with Gasteiger partial charge in [0.2, 0.25) is 0 Å². The molecular formula is C23H21F2N5. The highest BCUT2D eigenvalue weighted by Gasteiger charge is 2.21. The minimum Gasteiger partial charge on any atom is -0.367 e. The maximum atomic E-state index is 14.4. The molecule has 1 aliphatic heterocycles. The summed E-state index contributed by atoms with van der Waals surface area (Å²) in [6.07, 6.45) is 1.77. The van der Waals surface area contributed by atoms with Crippen LogP contribution in [-0.2, 0) is 6.54 Å². The number of nitrogens with zero attached hydrogens (tertiary/aromatic N) is 4. The lowest BCUT2D eigenvalue weighted by molar-refractivity contribution is 0.590. The number of anilines is 1. The van der Waals surface area contributed by atoms with Crippen molar-refractivity contribution in [1.82, 2.24) is 19.9 Å². The molecule has 2 aromatic heterocycles. The van der Waals surface area contributed by atoms with E-state index in [0.29, 0.717) is 17.0 Å². The van der Waals surface area contributed by atoms with Gasteiger partial charge in [0.15, 0.2) is 5.65 Å². The Labute approximate surface area is 173 Å². The first-order chi connectivity index (χ1) is 14.7. The highest BCUT2D eigenvalue weighted by molar-refractivity contribution is 5.89. The van der Waals surface area contributed by atoms with Gasteiger partial charge in [0.05, 0.1) is 12.2 Å². The van der Waals surface area contributed by atoms with Gasteiger partial charge in [-0.3, -0.25) is 0 Å². The normalized spacial score (nSPS) is 14.4. The second-order valence-electron chi connectivity index (χ2n) is 7.36. The molecule has 0 atom stereocenters. The Kier molecular flexibility index (Phi) is 4.88. The van der Waals surface area contributed by atoms with Crippen molar-refractivity contribution in [1.29, 1.82) is 0 Å². The monoisotopic (exact) mass is 405 g/mol. The molecule has 5 rings (SSSR count). The highest BCUT2D eigenvalue weighted by atomic mass is 19.1. The topological polar surface area (TPSA) is 46.0 Å². The summed E-state index contributed by atoms with van der Waals surface area (Å²) >= 11 is 0. The average Bonchev–Trinajstić information content (AvgIpc) is 3.15. The SMILES string of the molecule is Fc1ccc(-c2nc3c(N4CCNCC4)ccnc3n2Cc2ccccc2F)cc1. The quantitative estimate of drug-likeness (QED) is 0.561. The van der Waals surface area contributed by atoms with Crippen molar-refractivity contribution >= 4 is 16.9 Å². The van der Waals surface area contributed by atoms with Gasteiger partial charge >= 0.3 is 0 Å². The van der Waals surface area contributed by atoms with Gasteiger partial charge in [0, 0.05) is 43.5 Å². The maximum Gasteiger partial charge on any atom is 0.162 e. The van der Waals surface area contributed by atoms with Crippen LogP contribution in [0.4, 0.5) is 14.5 Å². The lowest BCUT2D eigenvalue weighted by atomic mass is 10.2. The molecule has 0 unspecified atom stereocenters. The van der Waals surface area contributed by atoms with Crippen LogP contribution in [0, 0.1) is 11.6 Å². The van der Waals surface area contributed by atoms with E-state index < -0.39 is 0 Å². The van der Waals surface area contributed by atoms with Crippen LogP contribution in [0.5, 0.6) is 0 Å². The molecule has 1 aliphatic rings. The molecule has 3 heterocycles. The number of rotatable bonds is 4. The van der Waals surface area contributed by atoms with Crippen LogP contribution in [0.3, 0.4) is 0 Å². The first-order valence-electron chi connectivity index (χ1n) is 10.0. The van der Waals surface area contributed by atoms with E-state index in [2.05, 4.69) is 15.2 Å². The predicted octanol–water partition coefficient (Wildman–Crippen LogP) is 3.83. The molecule has 4 aromatic rings. The van der Waals surface area contributed by atoms with Crippen LogP contribution >= 0.6 is 0 Å². The van der Waals surface area contributed by atoms with Crippen molar-refractivity contribution in [2.45, 2.75) is 6.54 Å². The fraction of sp³-hybridized carbons (Fsp3) is 0.217. The molecule has 1 saturated heterocycles. The summed E-state index contributed by atoms with van der Waals surface area (Å²) in [5.41, 5.74) is 3.78. The summed E-state index contributed by atoms with van der Waals surface area (Å²) < 4.78 is 29.8.